The van der Waals surface area contributed by atoms with Crippen molar-refractivity contribution in [2.75, 3.05) is 22.9 Å². The Bertz CT molecular complexity index is 1470. The number of benzene rings is 2. The highest BCUT2D eigenvalue weighted by Crippen LogP contribution is 2.40. The monoisotopic (exact) mass is 553 g/mol. The zero-order valence-corrected chi connectivity index (χ0v) is 22.3. The van der Waals surface area contributed by atoms with Crippen molar-refractivity contribution in [3.63, 3.8) is 0 Å². The Labute approximate surface area is 229 Å². The Morgan fingerprint density at radius 1 is 0.925 bits per heavy atom. The van der Waals surface area contributed by atoms with Gasteiger partial charge in [-0.2, -0.15) is 18.4 Å². The smallest absolute Gasteiger partial charge is 0.370 e. The van der Waals surface area contributed by atoms with E-state index < -0.39 is 18.4 Å². The summed E-state index contributed by atoms with van der Waals surface area (Å²) in [7, 11) is 0. The number of H-pyrrole nitrogens is 1. The molecule has 210 valence electrons. The number of alkyl halides is 4. The fourth-order valence-electron chi connectivity index (χ4n) is 5.31. The number of pyridine rings is 1. The molecule has 0 spiro atoms. The summed E-state index contributed by atoms with van der Waals surface area (Å²) in [6.45, 7) is 3.32. The van der Waals surface area contributed by atoms with E-state index in [4.69, 9.17) is 4.98 Å². The van der Waals surface area contributed by atoms with Crippen molar-refractivity contribution in [3.05, 3.63) is 70.4 Å². The number of anilines is 2. The second-order valence-corrected chi connectivity index (χ2v) is 11.2. The van der Waals surface area contributed by atoms with Crippen LogP contribution in [0.25, 0.3) is 10.9 Å². The Balaban J connectivity index is 1.41. The summed E-state index contributed by atoms with van der Waals surface area (Å²) >= 11 is 0. The summed E-state index contributed by atoms with van der Waals surface area (Å²) in [4.78, 5) is 9.01. The number of aromatic nitrogens is 5. The lowest BCUT2D eigenvalue weighted by molar-refractivity contribution is -0.137. The second kappa shape index (κ2) is 10.7. The van der Waals surface area contributed by atoms with Crippen LogP contribution in [0.3, 0.4) is 0 Å². The Morgan fingerprint density at radius 2 is 1.65 bits per heavy atom. The van der Waals surface area contributed by atoms with Crippen LogP contribution in [0, 0.1) is 18.8 Å². The SMILES string of the molecule is Cc1ccc2ncc(CN(Cc3cc(CF)cc(C(F)(F)F)c3)c3nn[nH]n3)c(N(CC3CC3)CC3CC3)c2c1. The highest BCUT2D eigenvalue weighted by Gasteiger charge is 2.33. The molecule has 0 bridgehead atoms. The molecule has 2 aliphatic rings. The molecule has 6 rings (SSSR count). The van der Waals surface area contributed by atoms with Crippen LogP contribution in [0.15, 0.2) is 42.6 Å². The molecule has 2 aromatic carbocycles. The molecule has 2 saturated carbocycles. The average molecular weight is 554 g/mol. The summed E-state index contributed by atoms with van der Waals surface area (Å²) in [5.74, 6) is 1.57. The van der Waals surface area contributed by atoms with Gasteiger partial charge in [0.15, 0.2) is 0 Å². The fraction of sp³-hybridized carbons (Fsp3) is 0.448. The first-order valence-electron chi connectivity index (χ1n) is 13.6. The Morgan fingerprint density at radius 3 is 2.27 bits per heavy atom. The molecular weight excluding hydrogens is 522 g/mol. The van der Waals surface area contributed by atoms with Gasteiger partial charge in [0.2, 0.25) is 0 Å². The van der Waals surface area contributed by atoms with Gasteiger partial charge in [0.05, 0.1) is 16.8 Å². The maximum absolute atomic E-state index is 13.6. The molecule has 2 aromatic heterocycles. The molecule has 0 amide bonds. The predicted molar refractivity (Wildman–Crippen MR) is 144 cm³/mol. The minimum absolute atomic E-state index is 0.0264. The van der Waals surface area contributed by atoms with Gasteiger partial charge in [0.25, 0.3) is 5.95 Å². The van der Waals surface area contributed by atoms with Crippen molar-refractivity contribution in [2.45, 2.75) is 58.5 Å². The number of nitrogens with one attached hydrogen (secondary N) is 1. The molecule has 11 heteroatoms. The normalized spacial score (nSPS) is 15.5. The number of rotatable bonds is 11. The van der Waals surface area contributed by atoms with Gasteiger partial charge in [-0.25, -0.2) is 4.39 Å². The van der Waals surface area contributed by atoms with Crippen molar-refractivity contribution in [1.29, 1.82) is 0 Å². The largest absolute Gasteiger partial charge is 0.416 e. The van der Waals surface area contributed by atoms with Gasteiger partial charge in [-0.3, -0.25) is 4.98 Å². The van der Waals surface area contributed by atoms with E-state index in [2.05, 4.69) is 38.5 Å². The Kier molecular flexibility index (Phi) is 7.06. The van der Waals surface area contributed by atoms with Gasteiger partial charge in [-0.1, -0.05) is 22.8 Å². The summed E-state index contributed by atoms with van der Waals surface area (Å²) in [5.41, 5.74) is 3.47. The van der Waals surface area contributed by atoms with Gasteiger partial charge in [0, 0.05) is 43.3 Å². The molecule has 7 nitrogen and oxygen atoms in total. The van der Waals surface area contributed by atoms with Crippen molar-refractivity contribution in [1.82, 2.24) is 25.6 Å². The highest BCUT2D eigenvalue weighted by atomic mass is 19.4. The number of tetrazole rings is 1. The first-order valence-corrected chi connectivity index (χ1v) is 13.6. The van der Waals surface area contributed by atoms with Crippen molar-refractivity contribution >= 4 is 22.5 Å². The van der Waals surface area contributed by atoms with E-state index in [1.54, 1.807) is 4.90 Å². The van der Waals surface area contributed by atoms with Gasteiger partial charge < -0.3 is 9.80 Å². The molecule has 4 aromatic rings. The number of hydrogen-bond acceptors (Lipinski definition) is 6. The standard InChI is InChI=1S/C29H31F4N7/c1-18-2-7-26-25(8-18)27(39(14-19-3-4-19)15-20-5-6-20)23(13-34-26)17-40(28-35-37-38-36-28)16-22-9-21(12-30)10-24(11-22)29(31,32)33/h2,7-11,13,19-20H,3-6,12,14-17H2,1H3,(H,35,36,37,38). The van der Waals surface area contributed by atoms with Crippen LogP contribution in [0.2, 0.25) is 0 Å². The van der Waals surface area contributed by atoms with Crippen LogP contribution in [0.1, 0.15) is 53.5 Å². The third-order valence-corrected chi connectivity index (χ3v) is 7.62. The number of aromatic amines is 1. The summed E-state index contributed by atoms with van der Waals surface area (Å²) in [5, 5.41) is 15.5. The second-order valence-electron chi connectivity index (χ2n) is 11.2. The first-order chi connectivity index (χ1) is 19.3. The molecule has 0 atom stereocenters. The molecule has 40 heavy (non-hydrogen) atoms. The maximum Gasteiger partial charge on any atom is 0.416 e. The third-order valence-electron chi connectivity index (χ3n) is 7.62. The molecule has 0 unspecified atom stereocenters. The number of nitrogens with zero attached hydrogens (tertiary/aromatic N) is 6. The van der Waals surface area contributed by atoms with E-state index >= 15 is 0 Å². The quantitative estimate of drug-likeness (QED) is 0.217. The molecule has 2 aliphatic carbocycles. The van der Waals surface area contributed by atoms with Gasteiger partial charge >= 0.3 is 6.18 Å². The van der Waals surface area contributed by atoms with Crippen molar-refractivity contribution in [3.8, 4) is 0 Å². The summed E-state index contributed by atoms with van der Waals surface area (Å²) in [6.07, 6.45) is 2.16. The highest BCUT2D eigenvalue weighted by molar-refractivity contribution is 5.94. The van der Waals surface area contributed by atoms with Crippen LogP contribution in [-0.2, 0) is 25.9 Å². The molecule has 0 aliphatic heterocycles. The zero-order valence-electron chi connectivity index (χ0n) is 22.3. The van der Waals surface area contributed by atoms with Gasteiger partial charge in [-0.15, -0.1) is 5.10 Å². The van der Waals surface area contributed by atoms with Crippen LogP contribution in [-0.4, -0.2) is 38.7 Å². The Hall–Kier alpha value is -3.76. The lowest BCUT2D eigenvalue weighted by atomic mass is 10.0. The van der Waals surface area contributed by atoms with Crippen LogP contribution >= 0.6 is 0 Å². The minimum Gasteiger partial charge on any atom is -0.370 e. The number of aryl methyl sites for hydroxylation is 1. The van der Waals surface area contributed by atoms with Crippen molar-refractivity contribution in [2.24, 2.45) is 11.8 Å². The zero-order chi connectivity index (χ0) is 27.9. The van der Waals surface area contributed by atoms with E-state index in [-0.39, 0.29) is 18.1 Å². The van der Waals surface area contributed by atoms with E-state index in [1.807, 2.05) is 18.3 Å². The van der Waals surface area contributed by atoms with E-state index in [1.165, 1.54) is 31.7 Å². The van der Waals surface area contributed by atoms with E-state index in [0.29, 0.717) is 23.9 Å². The number of hydrogen-bond donors (Lipinski definition) is 1. The summed E-state index contributed by atoms with van der Waals surface area (Å²) < 4.78 is 54.3. The van der Waals surface area contributed by atoms with Crippen LogP contribution in [0.4, 0.5) is 29.2 Å². The number of halogens is 4. The molecule has 2 fully saturated rings. The number of fused-ring (bicyclic) bond motifs is 1. The molecule has 2 heterocycles. The molecular formula is C29H31F4N7. The van der Waals surface area contributed by atoms with E-state index in [0.717, 1.165) is 52.9 Å². The third kappa shape index (κ3) is 6.03. The van der Waals surface area contributed by atoms with Crippen molar-refractivity contribution < 1.29 is 17.6 Å². The fourth-order valence-corrected chi connectivity index (χ4v) is 5.31. The van der Waals surface area contributed by atoms with Gasteiger partial charge in [0.1, 0.15) is 6.67 Å². The van der Waals surface area contributed by atoms with Crippen LogP contribution < -0.4 is 9.80 Å². The first kappa shape index (κ1) is 26.5. The lowest BCUT2D eigenvalue weighted by Gasteiger charge is -2.31. The predicted octanol–water partition coefficient (Wildman–Crippen LogP) is 6.38. The summed E-state index contributed by atoms with van der Waals surface area (Å²) in [6, 6.07) is 9.60. The average Bonchev–Trinajstić information content (AvgIpc) is 3.86. The molecule has 1 N–H and O–H groups in total. The lowest BCUT2D eigenvalue weighted by Crippen LogP contribution is -2.31. The minimum atomic E-state index is -4.59. The van der Waals surface area contributed by atoms with Crippen LogP contribution in [0.5, 0.6) is 0 Å². The van der Waals surface area contributed by atoms with Gasteiger partial charge in [-0.05, 0) is 85.0 Å². The molecule has 0 radical (unpaired) electrons. The topological polar surface area (TPSA) is 73.8 Å². The molecule has 0 saturated heterocycles. The maximum atomic E-state index is 13.6. The van der Waals surface area contributed by atoms with E-state index in [9.17, 15) is 17.6 Å².